The smallest absolute Gasteiger partial charge is 0.286 e. The predicted molar refractivity (Wildman–Crippen MR) is 42.4 cm³/mol. The molecule has 60 valence electrons. The summed E-state index contributed by atoms with van der Waals surface area (Å²) in [5.41, 5.74) is -0.967. The van der Waals surface area contributed by atoms with Gasteiger partial charge in [-0.3, -0.25) is 4.79 Å². The summed E-state index contributed by atoms with van der Waals surface area (Å²) in [6.07, 6.45) is 0. The highest BCUT2D eigenvalue weighted by atomic mass is 79.9. The fourth-order valence-corrected chi connectivity index (χ4v) is 1.52. The fraction of sp³-hybridized carbons (Fsp3) is 0. The van der Waals surface area contributed by atoms with Crippen LogP contribution in [-0.4, -0.2) is 4.98 Å². The van der Waals surface area contributed by atoms with Crippen molar-refractivity contribution in [2.75, 3.05) is 0 Å². The molecule has 1 aromatic heterocycles. The highest BCUT2D eigenvalue weighted by molar-refractivity contribution is 9.11. The third-order valence-electron chi connectivity index (χ3n) is 1.00. The van der Waals surface area contributed by atoms with Crippen molar-refractivity contribution in [3.63, 3.8) is 0 Å². The first kappa shape index (κ1) is 8.86. The molecule has 1 N–H and O–H groups in total. The average Bonchev–Trinajstić information content (AvgIpc) is 1.97. The van der Waals surface area contributed by atoms with E-state index in [1.54, 1.807) is 0 Å². The molecule has 0 saturated carbocycles. The molecular weight excluding hydrogens is 288 g/mol. The van der Waals surface area contributed by atoms with Gasteiger partial charge >= 0.3 is 0 Å². The third kappa shape index (κ3) is 1.51. The summed E-state index contributed by atoms with van der Waals surface area (Å²) in [5, 5.41) is 0. The van der Waals surface area contributed by atoms with Crippen molar-refractivity contribution in [1.82, 2.24) is 4.98 Å². The van der Waals surface area contributed by atoms with Crippen LogP contribution in [0.4, 0.5) is 8.78 Å². The van der Waals surface area contributed by atoms with Crippen LogP contribution in [0.15, 0.2) is 13.9 Å². The molecular formula is C5HBr2F2NO. The minimum Gasteiger partial charge on any atom is -0.312 e. The van der Waals surface area contributed by atoms with Crippen molar-refractivity contribution in [1.29, 1.82) is 0 Å². The molecule has 6 heteroatoms. The van der Waals surface area contributed by atoms with Crippen molar-refractivity contribution in [3.05, 3.63) is 31.1 Å². The molecule has 0 unspecified atom stereocenters. The van der Waals surface area contributed by atoms with Crippen LogP contribution < -0.4 is 5.56 Å². The Kier molecular flexibility index (Phi) is 2.43. The van der Waals surface area contributed by atoms with Crippen LogP contribution in [-0.2, 0) is 0 Å². The zero-order valence-electron chi connectivity index (χ0n) is 4.92. The maximum absolute atomic E-state index is 12.7. The summed E-state index contributed by atoms with van der Waals surface area (Å²) < 4.78 is 24.6. The maximum atomic E-state index is 12.7. The summed E-state index contributed by atoms with van der Waals surface area (Å²) in [5.74, 6) is -2.02. The maximum Gasteiger partial charge on any atom is 0.286 e. The number of nitrogens with one attached hydrogen (secondary N) is 1. The van der Waals surface area contributed by atoms with Gasteiger partial charge in [0.05, 0.1) is 4.47 Å². The highest BCUT2D eigenvalue weighted by Crippen LogP contribution is 2.21. The minimum atomic E-state index is -1.16. The van der Waals surface area contributed by atoms with E-state index in [0.717, 1.165) is 0 Å². The van der Waals surface area contributed by atoms with Crippen molar-refractivity contribution in [3.8, 4) is 0 Å². The molecule has 2 nitrogen and oxygen atoms in total. The van der Waals surface area contributed by atoms with Crippen molar-refractivity contribution in [2.24, 2.45) is 0 Å². The quantitative estimate of drug-likeness (QED) is 0.729. The van der Waals surface area contributed by atoms with E-state index in [4.69, 9.17) is 0 Å². The van der Waals surface area contributed by atoms with Gasteiger partial charge in [0.1, 0.15) is 4.60 Å². The van der Waals surface area contributed by atoms with E-state index in [9.17, 15) is 13.6 Å². The number of hydrogen-bond donors (Lipinski definition) is 1. The lowest BCUT2D eigenvalue weighted by atomic mass is 10.4. The fourth-order valence-electron chi connectivity index (χ4n) is 0.502. The van der Waals surface area contributed by atoms with Gasteiger partial charge in [0, 0.05) is 0 Å². The Bertz CT molecular complexity index is 349. The number of halogens is 4. The number of aromatic amines is 1. The Balaban J connectivity index is 3.59. The highest BCUT2D eigenvalue weighted by Gasteiger charge is 2.13. The first-order valence-corrected chi connectivity index (χ1v) is 4.05. The lowest BCUT2D eigenvalue weighted by molar-refractivity contribution is 0.546. The molecule has 0 aliphatic heterocycles. The third-order valence-corrected chi connectivity index (χ3v) is 2.24. The van der Waals surface area contributed by atoms with Gasteiger partial charge in [-0.15, -0.1) is 0 Å². The van der Waals surface area contributed by atoms with E-state index in [0.29, 0.717) is 0 Å². The summed E-state index contributed by atoms with van der Waals surface area (Å²) in [6, 6.07) is 0. The Morgan fingerprint density at radius 3 is 2.27 bits per heavy atom. The molecule has 11 heavy (non-hydrogen) atoms. The SMILES string of the molecule is O=c1[nH]c(Br)c(F)c(Br)c1F. The van der Waals surface area contributed by atoms with Crippen LogP contribution in [0.5, 0.6) is 0 Å². The van der Waals surface area contributed by atoms with Gasteiger partial charge in [0.25, 0.3) is 5.56 Å². The first-order chi connectivity index (χ1) is 5.04. The molecule has 0 atom stereocenters. The lowest BCUT2D eigenvalue weighted by Gasteiger charge is -1.96. The monoisotopic (exact) mass is 287 g/mol. The topological polar surface area (TPSA) is 32.9 Å². The summed E-state index contributed by atoms with van der Waals surface area (Å²) in [4.78, 5) is 12.5. The van der Waals surface area contributed by atoms with Gasteiger partial charge in [-0.2, -0.15) is 4.39 Å². The average molecular weight is 289 g/mol. The molecule has 0 aromatic carbocycles. The molecule has 0 aliphatic carbocycles. The van der Waals surface area contributed by atoms with E-state index < -0.39 is 21.7 Å². The predicted octanol–water partition coefficient (Wildman–Crippen LogP) is 2.18. The van der Waals surface area contributed by atoms with Crippen LogP contribution in [0.1, 0.15) is 0 Å². The second-order valence-electron chi connectivity index (χ2n) is 1.71. The van der Waals surface area contributed by atoms with Crippen molar-refractivity contribution in [2.45, 2.75) is 0 Å². The molecule has 0 aliphatic rings. The van der Waals surface area contributed by atoms with E-state index in [2.05, 4.69) is 31.9 Å². The van der Waals surface area contributed by atoms with E-state index in [-0.39, 0.29) is 4.60 Å². The standard InChI is InChI=1S/C5HBr2F2NO/c6-1-2(8)4(7)10-5(11)3(1)9/h(H,10,11). The van der Waals surface area contributed by atoms with Gasteiger partial charge in [-0.25, -0.2) is 4.39 Å². The molecule has 1 rings (SSSR count). The largest absolute Gasteiger partial charge is 0.312 e. The second-order valence-corrected chi connectivity index (χ2v) is 3.30. The molecule has 0 bridgehead atoms. The normalized spacial score (nSPS) is 10.2. The van der Waals surface area contributed by atoms with E-state index >= 15 is 0 Å². The summed E-state index contributed by atoms with van der Waals surface area (Å²) in [7, 11) is 0. The zero-order valence-corrected chi connectivity index (χ0v) is 8.09. The number of pyridine rings is 1. The summed E-state index contributed by atoms with van der Waals surface area (Å²) >= 11 is 5.28. The van der Waals surface area contributed by atoms with Crippen molar-refractivity contribution < 1.29 is 8.78 Å². The first-order valence-electron chi connectivity index (χ1n) is 2.46. The van der Waals surface area contributed by atoms with Crippen LogP contribution in [0.3, 0.4) is 0 Å². The van der Waals surface area contributed by atoms with Crippen molar-refractivity contribution >= 4 is 31.9 Å². The molecule has 0 spiro atoms. The van der Waals surface area contributed by atoms with Gasteiger partial charge in [0.2, 0.25) is 5.82 Å². The molecule has 0 saturated heterocycles. The van der Waals surface area contributed by atoms with Crippen LogP contribution in [0, 0.1) is 11.6 Å². The Morgan fingerprint density at radius 1 is 1.18 bits per heavy atom. The van der Waals surface area contributed by atoms with Gasteiger partial charge < -0.3 is 4.98 Å². The number of hydrogen-bond acceptors (Lipinski definition) is 1. The second kappa shape index (κ2) is 3.02. The van der Waals surface area contributed by atoms with Gasteiger partial charge in [-0.1, -0.05) is 0 Å². The Hall–Kier alpha value is -0.230. The molecule has 1 heterocycles. The number of H-pyrrole nitrogens is 1. The van der Waals surface area contributed by atoms with Gasteiger partial charge in [0.15, 0.2) is 5.82 Å². The number of aromatic nitrogens is 1. The minimum absolute atomic E-state index is 0.171. The van der Waals surface area contributed by atoms with E-state index in [1.165, 1.54) is 0 Å². The zero-order chi connectivity index (χ0) is 8.59. The van der Waals surface area contributed by atoms with Crippen LogP contribution >= 0.6 is 31.9 Å². The van der Waals surface area contributed by atoms with Crippen LogP contribution in [0.25, 0.3) is 0 Å². The molecule has 0 radical (unpaired) electrons. The number of rotatable bonds is 0. The Labute approximate surface area is 76.9 Å². The molecule has 1 aromatic rings. The lowest BCUT2D eigenvalue weighted by Crippen LogP contribution is -2.13. The molecule has 0 fully saturated rings. The summed E-state index contributed by atoms with van der Waals surface area (Å²) in [6.45, 7) is 0. The van der Waals surface area contributed by atoms with Gasteiger partial charge in [-0.05, 0) is 31.9 Å². The Morgan fingerprint density at radius 2 is 1.73 bits per heavy atom. The van der Waals surface area contributed by atoms with E-state index in [1.807, 2.05) is 4.98 Å². The van der Waals surface area contributed by atoms with Crippen LogP contribution in [0.2, 0.25) is 0 Å². The molecule has 0 amide bonds.